The van der Waals surface area contributed by atoms with Crippen LogP contribution in [0, 0.1) is 0 Å². The number of unbranched alkanes of at least 4 members (excludes halogenated alkanes) is 1. The van der Waals surface area contributed by atoms with Gasteiger partial charge in [-0.1, -0.05) is 55.4 Å². The van der Waals surface area contributed by atoms with Crippen molar-refractivity contribution in [2.24, 2.45) is 0 Å². The first-order valence-corrected chi connectivity index (χ1v) is 10.3. The number of nitrogens with one attached hydrogen (secondary N) is 1. The summed E-state index contributed by atoms with van der Waals surface area (Å²) in [6, 6.07) is 15.8. The van der Waals surface area contributed by atoms with Gasteiger partial charge in [0.15, 0.2) is 11.9 Å². The molecule has 0 saturated heterocycles. The smallest absolute Gasteiger partial charge is 0.247 e. The van der Waals surface area contributed by atoms with Gasteiger partial charge in [0.25, 0.3) is 0 Å². The molecule has 1 aliphatic heterocycles. The molecule has 1 aliphatic rings. The molecule has 1 atom stereocenters. The van der Waals surface area contributed by atoms with Crippen molar-refractivity contribution in [2.75, 3.05) is 18.2 Å². The molecule has 0 unspecified atom stereocenters. The zero-order valence-electron chi connectivity index (χ0n) is 15.9. The SMILES string of the molecule is CCCCSc1nnc2c(n1)O[C@H](c1cccc(OC)c1)Nc1ccccc1-2. The number of anilines is 1. The third-order valence-corrected chi connectivity index (χ3v) is 5.38. The molecule has 144 valence electrons. The molecule has 3 aromatic rings. The summed E-state index contributed by atoms with van der Waals surface area (Å²) < 4.78 is 11.6. The van der Waals surface area contributed by atoms with E-state index in [0.29, 0.717) is 16.7 Å². The number of aromatic nitrogens is 3. The molecule has 7 heteroatoms. The van der Waals surface area contributed by atoms with E-state index in [9.17, 15) is 0 Å². The lowest BCUT2D eigenvalue weighted by atomic mass is 10.1. The summed E-state index contributed by atoms with van der Waals surface area (Å²) in [5.74, 6) is 2.22. The van der Waals surface area contributed by atoms with Crippen LogP contribution < -0.4 is 14.8 Å². The molecule has 1 aromatic heterocycles. The van der Waals surface area contributed by atoms with Gasteiger partial charge >= 0.3 is 0 Å². The van der Waals surface area contributed by atoms with E-state index in [1.807, 2.05) is 48.5 Å². The Kier molecular flexibility index (Phi) is 5.62. The van der Waals surface area contributed by atoms with Crippen molar-refractivity contribution >= 4 is 17.4 Å². The van der Waals surface area contributed by atoms with Crippen LogP contribution in [0.1, 0.15) is 31.6 Å². The summed E-state index contributed by atoms with van der Waals surface area (Å²) in [6.45, 7) is 2.17. The van der Waals surface area contributed by atoms with E-state index in [1.165, 1.54) is 0 Å². The fraction of sp³-hybridized carbons (Fsp3) is 0.286. The molecular weight excluding hydrogens is 372 g/mol. The molecule has 1 N–H and O–H groups in total. The zero-order valence-corrected chi connectivity index (χ0v) is 16.7. The van der Waals surface area contributed by atoms with Gasteiger partial charge in [0.2, 0.25) is 11.0 Å². The molecule has 0 saturated carbocycles. The normalized spacial score (nSPS) is 14.9. The van der Waals surface area contributed by atoms with Crippen molar-refractivity contribution in [1.29, 1.82) is 0 Å². The van der Waals surface area contributed by atoms with Crippen molar-refractivity contribution in [3.8, 4) is 22.9 Å². The van der Waals surface area contributed by atoms with E-state index in [2.05, 4.69) is 27.4 Å². The van der Waals surface area contributed by atoms with E-state index in [4.69, 9.17) is 9.47 Å². The Morgan fingerprint density at radius 3 is 2.89 bits per heavy atom. The minimum absolute atomic E-state index is 0.414. The minimum atomic E-state index is -0.414. The predicted molar refractivity (Wildman–Crippen MR) is 111 cm³/mol. The van der Waals surface area contributed by atoms with E-state index in [1.54, 1.807) is 18.9 Å². The van der Waals surface area contributed by atoms with Crippen LogP contribution in [-0.2, 0) is 0 Å². The highest BCUT2D eigenvalue weighted by Crippen LogP contribution is 2.39. The van der Waals surface area contributed by atoms with Crippen LogP contribution in [-0.4, -0.2) is 28.0 Å². The van der Waals surface area contributed by atoms with Crippen LogP contribution in [0.3, 0.4) is 0 Å². The fourth-order valence-electron chi connectivity index (χ4n) is 2.97. The molecule has 0 aliphatic carbocycles. The van der Waals surface area contributed by atoms with E-state index < -0.39 is 6.23 Å². The lowest BCUT2D eigenvalue weighted by molar-refractivity contribution is 0.224. The van der Waals surface area contributed by atoms with Gasteiger partial charge in [0.05, 0.1) is 7.11 Å². The van der Waals surface area contributed by atoms with Gasteiger partial charge in [-0.05, 0) is 24.6 Å². The molecule has 0 fully saturated rings. The Labute approximate surface area is 168 Å². The highest BCUT2D eigenvalue weighted by molar-refractivity contribution is 7.99. The third-order valence-electron chi connectivity index (χ3n) is 4.46. The number of methoxy groups -OCH3 is 1. The molecule has 0 radical (unpaired) electrons. The maximum atomic E-state index is 6.28. The summed E-state index contributed by atoms with van der Waals surface area (Å²) in [5, 5.41) is 12.8. The summed E-state index contributed by atoms with van der Waals surface area (Å²) in [7, 11) is 1.65. The second-order valence-electron chi connectivity index (χ2n) is 6.41. The monoisotopic (exact) mass is 394 g/mol. The van der Waals surface area contributed by atoms with Crippen LogP contribution in [0.5, 0.6) is 11.6 Å². The summed E-state index contributed by atoms with van der Waals surface area (Å²) in [4.78, 5) is 4.66. The number of ether oxygens (including phenoxy) is 2. The van der Waals surface area contributed by atoms with Crippen molar-refractivity contribution in [1.82, 2.24) is 15.2 Å². The van der Waals surface area contributed by atoms with Gasteiger partial charge in [0, 0.05) is 22.6 Å². The fourth-order valence-corrected chi connectivity index (χ4v) is 3.83. The Hall–Kier alpha value is -2.80. The van der Waals surface area contributed by atoms with Crippen molar-refractivity contribution in [3.63, 3.8) is 0 Å². The molecule has 0 amide bonds. The zero-order chi connectivity index (χ0) is 19.3. The molecule has 6 nitrogen and oxygen atoms in total. The first-order chi connectivity index (χ1) is 13.8. The maximum Gasteiger partial charge on any atom is 0.247 e. The second kappa shape index (κ2) is 8.48. The van der Waals surface area contributed by atoms with Crippen LogP contribution in [0.2, 0.25) is 0 Å². The summed E-state index contributed by atoms with van der Waals surface area (Å²) in [5.41, 5.74) is 3.44. The molecule has 2 aromatic carbocycles. The molecule has 0 bridgehead atoms. The Balaban J connectivity index is 1.73. The summed E-state index contributed by atoms with van der Waals surface area (Å²) >= 11 is 1.60. The van der Waals surface area contributed by atoms with Gasteiger partial charge in [0.1, 0.15) is 5.75 Å². The van der Waals surface area contributed by atoms with Crippen LogP contribution in [0.25, 0.3) is 11.3 Å². The van der Waals surface area contributed by atoms with Gasteiger partial charge in [-0.25, -0.2) is 0 Å². The Morgan fingerprint density at radius 2 is 2.04 bits per heavy atom. The highest BCUT2D eigenvalue weighted by atomic mass is 32.2. The Morgan fingerprint density at radius 1 is 1.14 bits per heavy atom. The number of nitrogens with zero attached hydrogens (tertiary/aromatic N) is 3. The average molecular weight is 395 g/mol. The topological polar surface area (TPSA) is 69.2 Å². The lowest BCUT2D eigenvalue weighted by Gasteiger charge is -2.19. The van der Waals surface area contributed by atoms with Gasteiger partial charge in [-0.2, -0.15) is 4.98 Å². The van der Waals surface area contributed by atoms with Crippen LogP contribution in [0.15, 0.2) is 53.7 Å². The Bertz CT molecular complexity index is 967. The lowest BCUT2D eigenvalue weighted by Crippen LogP contribution is -2.17. The van der Waals surface area contributed by atoms with E-state index in [-0.39, 0.29) is 0 Å². The number of hydrogen-bond donors (Lipinski definition) is 1. The van der Waals surface area contributed by atoms with E-state index >= 15 is 0 Å². The minimum Gasteiger partial charge on any atom is -0.497 e. The third kappa shape index (κ3) is 3.89. The first-order valence-electron chi connectivity index (χ1n) is 9.32. The standard InChI is InChI=1S/C21H22N4O2S/c1-3-4-12-28-21-23-20-18(24-25-21)16-10-5-6-11-17(16)22-19(27-20)14-8-7-9-15(13-14)26-2/h5-11,13,19,22H,3-4,12H2,1-2H3/t19-/m1/s1. The number of hydrogen-bond acceptors (Lipinski definition) is 7. The van der Waals surface area contributed by atoms with Gasteiger partial charge in [-0.15, -0.1) is 10.2 Å². The molecule has 28 heavy (non-hydrogen) atoms. The summed E-state index contributed by atoms with van der Waals surface area (Å²) in [6.07, 6.45) is 1.84. The second-order valence-corrected chi connectivity index (χ2v) is 7.48. The number of thioether (sulfide) groups is 1. The number of rotatable bonds is 6. The molecule has 4 rings (SSSR count). The van der Waals surface area contributed by atoms with Crippen molar-refractivity contribution in [3.05, 3.63) is 54.1 Å². The first kappa shape index (κ1) is 18.6. The van der Waals surface area contributed by atoms with Gasteiger partial charge in [-0.3, -0.25) is 0 Å². The molecule has 2 heterocycles. The number of benzene rings is 2. The number of para-hydroxylation sites is 1. The molecule has 0 spiro atoms. The van der Waals surface area contributed by atoms with Crippen molar-refractivity contribution < 1.29 is 9.47 Å². The predicted octanol–water partition coefficient (Wildman–Crippen LogP) is 4.94. The average Bonchev–Trinajstić information content (AvgIpc) is 2.90. The van der Waals surface area contributed by atoms with Gasteiger partial charge < -0.3 is 14.8 Å². The van der Waals surface area contributed by atoms with Crippen LogP contribution in [0.4, 0.5) is 5.69 Å². The highest BCUT2D eigenvalue weighted by Gasteiger charge is 2.26. The van der Waals surface area contributed by atoms with Crippen molar-refractivity contribution in [2.45, 2.75) is 31.1 Å². The van der Waals surface area contributed by atoms with Crippen LogP contribution >= 0.6 is 11.8 Å². The molecular formula is C21H22N4O2S. The van der Waals surface area contributed by atoms with E-state index in [0.717, 1.165) is 41.2 Å². The largest absolute Gasteiger partial charge is 0.497 e. The number of fused-ring (bicyclic) bond motifs is 3. The quantitative estimate of drug-likeness (QED) is 0.469. The maximum absolute atomic E-state index is 6.28.